The number of primary amides is 1. The average molecular weight is 314 g/mol. The SMILES string of the molecule is Cc1c(Br)c2c(c(C)c1OC(N)=O)CC(C)(C)O2. The minimum atomic E-state index is -0.800. The molecule has 0 aromatic heterocycles. The van der Waals surface area contributed by atoms with E-state index in [9.17, 15) is 4.79 Å². The van der Waals surface area contributed by atoms with Crippen molar-refractivity contribution in [3.8, 4) is 11.5 Å². The summed E-state index contributed by atoms with van der Waals surface area (Å²) in [6.07, 6.45) is -0.0199. The lowest BCUT2D eigenvalue weighted by atomic mass is 9.96. The Morgan fingerprint density at radius 2 is 2.00 bits per heavy atom. The molecule has 1 heterocycles. The van der Waals surface area contributed by atoms with Crippen LogP contribution in [-0.2, 0) is 6.42 Å². The Morgan fingerprint density at radius 3 is 2.56 bits per heavy atom. The maximum absolute atomic E-state index is 11.0. The number of ether oxygens (including phenoxy) is 2. The van der Waals surface area contributed by atoms with Crippen molar-refractivity contribution in [1.29, 1.82) is 0 Å². The molecular formula is C13H16BrNO3. The van der Waals surface area contributed by atoms with Crippen molar-refractivity contribution < 1.29 is 14.3 Å². The van der Waals surface area contributed by atoms with Crippen molar-refractivity contribution >= 4 is 22.0 Å². The minimum absolute atomic E-state index is 0.243. The van der Waals surface area contributed by atoms with E-state index in [1.165, 1.54) is 0 Å². The van der Waals surface area contributed by atoms with Gasteiger partial charge in [-0.2, -0.15) is 0 Å². The van der Waals surface area contributed by atoms with Crippen LogP contribution >= 0.6 is 15.9 Å². The molecule has 1 amide bonds. The Kier molecular flexibility index (Phi) is 3.05. The van der Waals surface area contributed by atoms with Crippen LogP contribution in [0.5, 0.6) is 11.5 Å². The molecule has 1 aromatic carbocycles. The smallest absolute Gasteiger partial charge is 0.409 e. The highest BCUT2D eigenvalue weighted by atomic mass is 79.9. The highest BCUT2D eigenvalue weighted by Crippen LogP contribution is 2.47. The largest absolute Gasteiger partial charge is 0.486 e. The molecule has 2 N–H and O–H groups in total. The molecule has 0 unspecified atom stereocenters. The number of amides is 1. The third-order valence-electron chi connectivity index (χ3n) is 3.12. The van der Waals surface area contributed by atoms with Gasteiger partial charge in [0.15, 0.2) is 0 Å². The average Bonchev–Trinajstić information content (AvgIpc) is 2.58. The molecule has 0 radical (unpaired) electrons. The maximum Gasteiger partial charge on any atom is 0.409 e. The van der Waals surface area contributed by atoms with Gasteiger partial charge >= 0.3 is 6.09 Å². The summed E-state index contributed by atoms with van der Waals surface area (Å²) in [5, 5.41) is 0. The summed E-state index contributed by atoms with van der Waals surface area (Å²) in [6.45, 7) is 7.84. The Labute approximate surface area is 115 Å². The zero-order valence-corrected chi connectivity index (χ0v) is 12.5. The number of fused-ring (bicyclic) bond motifs is 1. The lowest BCUT2D eigenvalue weighted by molar-refractivity contribution is 0.137. The van der Waals surface area contributed by atoms with Crippen molar-refractivity contribution in [3.05, 3.63) is 21.2 Å². The van der Waals surface area contributed by atoms with E-state index < -0.39 is 6.09 Å². The molecule has 1 aromatic rings. The van der Waals surface area contributed by atoms with Gasteiger partial charge in [-0.05, 0) is 49.2 Å². The summed E-state index contributed by atoms with van der Waals surface area (Å²) in [6, 6.07) is 0. The predicted octanol–water partition coefficient (Wildman–Crippen LogP) is 3.24. The second-order valence-electron chi connectivity index (χ2n) is 5.16. The Balaban J connectivity index is 2.62. The fraction of sp³-hybridized carbons (Fsp3) is 0.462. The zero-order valence-electron chi connectivity index (χ0n) is 10.9. The normalized spacial score (nSPS) is 16.1. The predicted molar refractivity (Wildman–Crippen MR) is 72.2 cm³/mol. The summed E-state index contributed by atoms with van der Waals surface area (Å²) >= 11 is 3.50. The molecule has 1 aliphatic heterocycles. The molecule has 0 fully saturated rings. The summed E-state index contributed by atoms with van der Waals surface area (Å²) < 4.78 is 11.9. The van der Waals surface area contributed by atoms with Gasteiger partial charge in [0.1, 0.15) is 17.1 Å². The van der Waals surface area contributed by atoms with E-state index in [-0.39, 0.29) is 5.60 Å². The first-order valence-electron chi connectivity index (χ1n) is 5.71. The first-order valence-corrected chi connectivity index (χ1v) is 6.50. The Hall–Kier alpha value is -1.23. The standard InChI is InChI=1S/C13H16BrNO3/c1-6-8-5-13(3,4)18-11(8)9(14)7(2)10(6)17-12(15)16/h5H2,1-4H3,(H2,15,16). The van der Waals surface area contributed by atoms with Gasteiger partial charge in [-0.15, -0.1) is 0 Å². The number of carbonyl (C=O) groups is 1. The molecule has 0 atom stereocenters. The summed E-state index contributed by atoms with van der Waals surface area (Å²) in [5.74, 6) is 1.36. The molecule has 0 saturated carbocycles. The highest BCUT2D eigenvalue weighted by Gasteiger charge is 2.35. The van der Waals surface area contributed by atoms with Crippen LogP contribution < -0.4 is 15.2 Å². The molecule has 1 aliphatic rings. The van der Waals surface area contributed by atoms with Gasteiger partial charge in [0.25, 0.3) is 0 Å². The van der Waals surface area contributed by atoms with E-state index in [0.29, 0.717) is 5.75 Å². The van der Waals surface area contributed by atoms with Crippen molar-refractivity contribution in [2.45, 2.75) is 39.7 Å². The Bertz CT molecular complexity index is 538. The van der Waals surface area contributed by atoms with E-state index in [0.717, 1.165) is 33.3 Å². The van der Waals surface area contributed by atoms with Crippen LogP contribution in [0, 0.1) is 13.8 Å². The van der Waals surface area contributed by atoms with Gasteiger partial charge in [0, 0.05) is 17.5 Å². The second-order valence-corrected chi connectivity index (χ2v) is 5.95. The number of rotatable bonds is 1. The van der Waals surface area contributed by atoms with Gasteiger partial charge in [-0.1, -0.05) is 0 Å². The molecule has 2 rings (SSSR count). The molecule has 5 heteroatoms. The number of benzene rings is 1. The van der Waals surface area contributed by atoms with Gasteiger partial charge in [0.05, 0.1) is 4.47 Å². The Morgan fingerprint density at radius 1 is 1.39 bits per heavy atom. The van der Waals surface area contributed by atoms with Crippen LogP contribution in [-0.4, -0.2) is 11.7 Å². The lowest BCUT2D eigenvalue weighted by Gasteiger charge is -2.18. The van der Waals surface area contributed by atoms with Crippen molar-refractivity contribution in [1.82, 2.24) is 0 Å². The third-order valence-corrected chi connectivity index (χ3v) is 4.07. The highest BCUT2D eigenvalue weighted by molar-refractivity contribution is 9.10. The fourth-order valence-corrected chi connectivity index (χ4v) is 2.80. The summed E-state index contributed by atoms with van der Waals surface area (Å²) in [5.41, 5.74) is 7.66. The number of carbonyl (C=O) groups excluding carboxylic acids is 1. The first-order chi connectivity index (χ1) is 8.23. The van der Waals surface area contributed by atoms with E-state index in [1.54, 1.807) is 0 Å². The third kappa shape index (κ3) is 2.07. The van der Waals surface area contributed by atoms with Crippen molar-refractivity contribution in [3.63, 3.8) is 0 Å². The van der Waals surface area contributed by atoms with Gasteiger partial charge in [0.2, 0.25) is 0 Å². The van der Waals surface area contributed by atoms with Crippen molar-refractivity contribution in [2.75, 3.05) is 0 Å². The molecule has 0 spiro atoms. The van der Waals surface area contributed by atoms with E-state index in [2.05, 4.69) is 15.9 Å². The van der Waals surface area contributed by atoms with Gasteiger partial charge in [-0.3, -0.25) is 0 Å². The van der Waals surface area contributed by atoms with Crippen LogP contribution in [0.3, 0.4) is 0 Å². The molecule has 98 valence electrons. The molecule has 0 bridgehead atoms. The van der Waals surface area contributed by atoms with Crippen LogP contribution in [0.2, 0.25) is 0 Å². The number of hydrogen-bond acceptors (Lipinski definition) is 3. The lowest BCUT2D eigenvalue weighted by Crippen LogP contribution is -2.24. The maximum atomic E-state index is 11.0. The van der Waals surface area contributed by atoms with Gasteiger partial charge in [-0.25, -0.2) is 4.79 Å². The summed E-state index contributed by atoms with van der Waals surface area (Å²) in [4.78, 5) is 11.0. The molecule has 0 saturated heterocycles. The summed E-state index contributed by atoms with van der Waals surface area (Å²) in [7, 11) is 0. The second kappa shape index (κ2) is 4.16. The van der Waals surface area contributed by atoms with E-state index in [1.807, 2.05) is 27.7 Å². The number of nitrogens with two attached hydrogens (primary N) is 1. The van der Waals surface area contributed by atoms with Crippen LogP contribution in [0.15, 0.2) is 4.47 Å². The number of hydrogen-bond donors (Lipinski definition) is 1. The van der Waals surface area contributed by atoms with Crippen LogP contribution in [0.1, 0.15) is 30.5 Å². The minimum Gasteiger partial charge on any atom is -0.486 e. The van der Waals surface area contributed by atoms with E-state index in [4.69, 9.17) is 15.2 Å². The number of halogens is 1. The molecule has 18 heavy (non-hydrogen) atoms. The fourth-order valence-electron chi connectivity index (χ4n) is 2.30. The van der Waals surface area contributed by atoms with Crippen LogP contribution in [0.4, 0.5) is 4.79 Å². The topological polar surface area (TPSA) is 61.5 Å². The quantitative estimate of drug-likeness (QED) is 0.865. The molecule has 4 nitrogen and oxygen atoms in total. The monoisotopic (exact) mass is 313 g/mol. The first kappa shape index (κ1) is 13.2. The zero-order chi connectivity index (χ0) is 13.7. The van der Waals surface area contributed by atoms with E-state index >= 15 is 0 Å². The van der Waals surface area contributed by atoms with Crippen LogP contribution in [0.25, 0.3) is 0 Å². The molecule has 0 aliphatic carbocycles. The molecular weight excluding hydrogens is 298 g/mol. The van der Waals surface area contributed by atoms with Gasteiger partial charge < -0.3 is 15.2 Å². The van der Waals surface area contributed by atoms with Crippen molar-refractivity contribution in [2.24, 2.45) is 5.73 Å².